The van der Waals surface area contributed by atoms with Crippen LogP contribution in [0.15, 0.2) is 35.1 Å². The molecule has 22 heavy (non-hydrogen) atoms. The molecule has 3 heteroatoms. The Morgan fingerprint density at radius 3 is 2.50 bits per heavy atom. The van der Waals surface area contributed by atoms with Crippen molar-refractivity contribution in [3.05, 3.63) is 57.4 Å². The van der Waals surface area contributed by atoms with Crippen molar-refractivity contribution < 1.29 is 0 Å². The third-order valence-electron chi connectivity index (χ3n) is 3.92. The minimum absolute atomic E-state index is 0.125. The second-order valence-electron chi connectivity index (χ2n) is 5.80. The van der Waals surface area contributed by atoms with Gasteiger partial charge in [-0.3, -0.25) is 4.79 Å². The maximum Gasteiger partial charge on any atom is 0.255 e. The first kappa shape index (κ1) is 16.5. The Balaban J connectivity index is 2.55. The summed E-state index contributed by atoms with van der Waals surface area (Å²) in [5, 5.41) is 3.24. The van der Waals surface area contributed by atoms with Gasteiger partial charge in [0, 0.05) is 24.2 Å². The van der Waals surface area contributed by atoms with Crippen molar-refractivity contribution in [1.29, 1.82) is 0 Å². The zero-order valence-electron chi connectivity index (χ0n) is 14.1. The molecule has 0 atom stereocenters. The normalized spacial score (nSPS) is 10.9. The van der Waals surface area contributed by atoms with Gasteiger partial charge in [-0.15, -0.1) is 0 Å². The Bertz CT molecular complexity index is 701. The van der Waals surface area contributed by atoms with Gasteiger partial charge in [-0.1, -0.05) is 43.7 Å². The molecule has 3 nitrogen and oxygen atoms in total. The monoisotopic (exact) mass is 298 g/mol. The summed E-state index contributed by atoms with van der Waals surface area (Å²) in [6.07, 6.45) is 0.947. The number of aromatic nitrogens is 1. The molecule has 2 rings (SSSR count). The maximum absolute atomic E-state index is 12.8. The summed E-state index contributed by atoms with van der Waals surface area (Å²) in [7, 11) is 0. The summed E-state index contributed by atoms with van der Waals surface area (Å²) in [6.45, 7) is 10.6. The van der Waals surface area contributed by atoms with Crippen molar-refractivity contribution in [2.45, 2.75) is 47.2 Å². The van der Waals surface area contributed by atoms with E-state index in [1.54, 1.807) is 0 Å². The van der Waals surface area contributed by atoms with E-state index in [1.165, 1.54) is 11.1 Å². The lowest BCUT2D eigenvalue weighted by molar-refractivity contribution is 0.640. The molecule has 0 radical (unpaired) electrons. The van der Waals surface area contributed by atoms with Gasteiger partial charge in [0.25, 0.3) is 5.56 Å². The fourth-order valence-electron chi connectivity index (χ4n) is 2.80. The van der Waals surface area contributed by atoms with Crippen LogP contribution < -0.4 is 10.9 Å². The molecule has 118 valence electrons. The molecular formula is C19H26N2O. The molecule has 0 unspecified atom stereocenters. The summed E-state index contributed by atoms with van der Waals surface area (Å²) in [4.78, 5) is 12.8. The van der Waals surface area contributed by atoms with Gasteiger partial charge in [0.2, 0.25) is 0 Å². The highest BCUT2D eigenvalue weighted by Gasteiger charge is 2.11. The van der Waals surface area contributed by atoms with Crippen LogP contribution in [0.4, 0.5) is 0 Å². The van der Waals surface area contributed by atoms with E-state index in [-0.39, 0.29) is 5.56 Å². The highest BCUT2D eigenvalue weighted by atomic mass is 16.1. The smallest absolute Gasteiger partial charge is 0.255 e. The Morgan fingerprint density at radius 1 is 1.09 bits per heavy atom. The number of nitrogens with one attached hydrogen (secondary N) is 1. The van der Waals surface area contributed by atoms with Gasteiger partial charge in [-0.25, -0.2) is 0 Å². The molecule has 0 fully saturated rings. The number of benzene rings is 1. The van der Waals surface area contributed by atoms with Gasteiger partial charge < -0.3 is 9.88 Å². The van der Waals surface area contributed by atoms with Gasteiger partial charge in [-0.05, 0) is 38.4 Å². The van der Waals surface area contributed by atoms with Crippen LogP contribution in [0.1, 0.15) is 37.0 Å². The molecule has 1 aromatic carbocycles. The first-order valence-corrected chi connectivity index (χ1v) is 8.09. The Labute approximate surface area is 133 Å². The van der Waals surface area contributed by atoms with Gasteiger partial charge in [0.05, 0.1) is 5.69 Å². The first-order chi connectivity index (χ1) is 10.6. The third kappa shape index (κ3) is 3.47. The third-order valence-corrected chi connectivity index (χ3v) is 3.92. The first-order valence-electron chi connectivity index (χ1n) is 8.09. The lowest BCUT2D eigenvalue weighted by atomic mass is 10.0. The van der Waals surface area contributed by atoms with Crippen LogP contribution >= 0.6 is 0 Å². The van der Waals surface area contributed by atoms with Crippen molar-refractivity contribution in [3.8, 4) is 11.3 Å². The summed E-state index contributed by atoms with van der Waals surface area (Å²) in [5.41, 5.74) is 5.58. The predicted octanol–water partition coefficient (Wildman–Crippen LogP) is 3.65. The number of nitrogens with zero attached hydrogens (tertiary/aromatic N) is 1. The maximum atomic E-state index is 12.8. The number of aryl methyl sites for hydroxylation is 2. The second-order valence-corrected chi connectivity index (χ2v) is 5.80. The lowest BCUT2D eigenvalue weighted by Gasteiger charge is -2.16. The molecule has 0 amide bonds. The highest BCUT2D eigenvalue weighted by Crippen LogP contribution is 2.24. The number of rotatable bonds is 6. The standard InChI is InChI=1S/C19H26N2O/c1-5-11-21-18(17-9-7-14(3)12-15(17)4)10-8-16(19(21)22)13-20-6-2/h7-10,12,20H,5-6,11,13H2,1-4H3. The molecular weight excluding hydrogens is 272 g/mol. The average Bonchev–Trinajstić information content (AvgIpc) is 2.49. The topological polar surface area (TPSA) is 34.0 Å². The SMILES string of the molecule is CCCn1c(-c2ccc(C)cc2C)ccc(CNCC)c1=O. The minimum atomic E-state index is 0.125. The summed E-state index contributed by atoms with van der Waals surface area (Å²) < 4.78 is 1.92. The zero-order valence-corrected chi connectivity index (χ0v) is 14.1. The Kier molecular flexibility index (Phi) is 5.56. The quantitative estimate of drug-likeness (QED) is 0.883. The lowest BCUT2D eigenvalue weighted by Crippen LogP contribution is -2.28. The van der Waals surface area contributed by atoms with Crippen LogP contribution in [-0.4, -0.2) is 11.1 Å². The largest absolute Gasteiger partial charge is 0.313 e. The number of hydrogen-bond donors (Lipinski definition) is 1. The minimum Gasteiger partial charge on any atom is -0.313 e. The van der Waals surface area contributed by atoms with E-state index in [2.05, 4.69) is 57.3 Å². The van der Waals surface area contributed by atoms with Gasteiger partial charge in [0.15, 0.2) is 0 Å². The Morgan fingerprint density at radius 2 is 1.86 bits per heavy atom. The van der Waals surface area contributed by atoms with Gasteiger partial charge in [-0.2, -0.15) is 0 Å². The molecule has 1 heterocycles. The van der Waals surface area contributed by atoms with E-state index >= 15 is 0 Å². The summed E-state index contributed by atoms with van der Waals surface area (Å²) >= 11 is 0. The molecule has 0 spiro atoms. The van der Waals surface area contributed by atoms with Gasteiger partial charge >= 0.3 is 0 Å². The van der Waals surface area contributed by atoms with E-state index in [0.717, 1.165) is 36.3 Å². The highest BCUT2D eigenvalue weighted by molar-refractivity contribution is 5.64. The van der Waals surface area contributed by atoms with Crippen LogP contribution in [0.25, 0.3) is 11.3 Å². The molecule has 0 aliphatic carbocycles. The number of hydrogen-bond acceptors (Lipinski definition) is 2. The average molecular weight is 298 g/mol. The predicted molar refractivity (Wildman–Crippen MR) is 93.3 cm³/mol. The molecule has 1 aromatic heterocycles. The van der Waals surface area contributed by atoms with Crippen molar-refractivity contribution in [2.24, 2.45) is 0 Å². The summed E-state index contributed by atoms with van der Waals surface area (Å²) in [5.74, 6) is 0. The number of pyridine rings is 1. The van der Waals surface area contributed by atoms with E-state index < -0.39 is 0 Å². The molecule has 0 aliphatic rings. The molecule has 0 bridgehead atoms. The van der Waals surface area contributed by atoms with Crippen LogP contribution in [0.5, 0.6) is 0 Å². The fraction of sp³-hybridized carbons (Fsp3) is 0.421. The van der Waals surface area contributed by atoms with E-state index in [1.807, 2.05) is 10.6 Å². The van der Waals surface area contributed by atoms with Crippen LogP contribution in [0.2, 0.25) is 0 Å². The van der Waals surface area contributed by atoms with Crippen molar-refractivity contribution >= 4 is 0 Å². The van der Waals surface area contributed by atoms with Crippen LogP contribution in [0.3, 0.4) is 0 Å². The molecule has 0 saturated heterocycles. The molecule has 1 N–H and O–H groups in total. The Hall–Kier alpha value is -1.87. The van der Waals surface area contributed by atoms with Crippen LogP contribution in [-0.2, 0) is 13.1 Å². The van der Waals surface area contributed by atoms with Gasteiger partial charge in [0.1, 0.15) is 0 Å². The van der Waals surface area contributed by atoms with Crippen molar-refractivity contribution in [3.63, 3.8) is 0 Å². The summed E-state index contributed by atoms with van der Waals surface area (Å²) in [6, 6.07) is 10.4. The van der Waals surface area contributed by atoms with E-state index in [9.17, 15) is 4.79 Å². The fourth-order valence-corrected chi connectivity index (χ4v) is 2.80. The second kappa shape index (κ2) is 7.41. The molecule has 0 aliphatic heterocycles. The van der Waals surface area contributed by atoms with Crippen molar-refractivity contribution in [1.82, 2.24) is 9.88 Å². The molecule has 2 aromatic rings. The zero-order chi connectivity index (χ0) is 16.1. The van der Waals surface area contributed by atoms with E-state index in [0.29, 0.717) is 6.54 Å². The van der Waals surface area contributed by atoms with Crippen LogP contribution in [0, 0.1) is 13.8 Å². The molecule has 0 saturated carbocycles. The van der Waals surface area contributed by atoms with Crippen molar-refractivity contribution in [2.75, 3.05) is 6.54 Å². The van der Waals surface area contributed by atoms with E-state index in [4.69, 9.17) is 0 Å².